The van der Waals surface area contributed by atoms with E-state index in [4.69, 9.17) is 61.7 Å². The van der Waals surface area contributed by atoms with Crippen LogP contribution in [0.5, 0.6) is 0 Å². The van der Waals surface area contributed by atoms with Crippen LogP contribution >= 0.6 is 65.1 Å². The SMILES string of the molecule is C=P(C)(C)CC[C@H]1O[C@@H](c2c[nH]c(=O)[nH]c2=O)[C@H](Cl)[C@@H]1O.C=P(C)(C)CC[C@H]1O[C@@H](c2c[nH]c(=O)[nH]c2=O)[C@H](F)[C@@H]1O.C=P(C)(C)CC[C@H]1O[C@@H](n2cc(C(=O)CC(C)=O)c(=O)[nH]c2=O)[C@H](O)[C@@H]1O.C=P(C)(C)CC[C@H]1O[C@@H](n2cc(C(=O)COC(C)=O)c(=O)[nH]c2=O)[C@H](O)[C@@H]1O.C=P(C)(C)CC[C@H]1O[C@@H](n2ccc(=O)[nH]c2=S)[C@H](OC)[C@@H]1O.C=P(C)(C)CC[C@H]1O[C@@H](n2ccc(=O)n(C)c2=O)[C@H](OC)[C@@H]1O. The number of halogens is 2. The number of methoxy groups -OCH3 is 2. The third-order valence-corrected chi connectivity index (χ3v) is 33.0. The van der Waals surface area contributed by atoms with E-state index in [0.29, 0.717) is 38.3 Å². The second-order valence-corrected chi connectivity index (χ2v) is 66.6. The number of nitrogens with zero attached hydrogens (tertiary/aromatic N) is 5. The summed E-state index contributed by atoms with van der Waals surface area (Å²) in [6.07, 6.45) is 18.8. The maximum absolute atomic E-state index is 14.2. The predicted octanol–water partition coefficient (Wildman–Crippen LogP) is 0.488. The minimum atomic E-state index is -1.70. The molecule has 24 atom stereocenters. The highest BCUT2D eigenvalue weighted by molar-refractivity contribution is 7.74. The lowest BCUT2D eigenvalue weighted by molar-refractivity contribution is -0.139. The maximum atomic E-state index is 14.2. The number of carbonyl (C=O) groups excluding carboxylic acids is 4. The van der Waals surface area contributed by atoms with E-state index in [9.17, 15) is 117 Å². The molecule has 142 heavy (non-hydrogen) atoms. The lowest BCUT2D eigenvalue weighted by atomic mass is 10.0. The normalized spacial score (nSPS) is 27.6. The summed E-state index contributed by atoms with van der Waals surface area (Å²) in [6, 6.07) is 2.66. The molecule has 6 aromatic heterocycles. The number of carbonyl (C=O) groups is 4. The van der Waals surface area contributed by atoms with Gasteiger partial charge in [0.15, 0.2) is 48.2 Å². The number of aromatic amines is 7. The molecular formula is C89H138ClFN12O32P6S. The zero-order valence-corrected chi connectivity index (χ0v) is 89.5. The van der Waals surface area contributed by atoms with Gasteiger partial charge in [0.05, 0.1) is 71.2 Å². The average molecular weight is 2160 g/mol. The van der Waals surface area contributed by atoms with Crippen molar-refractivity contribution in [1.82, 2.24) is 57.7 Å². The second-order valence-electron chi connectivity index (χ2n) is 39.8. The Balaban J connectivity index is 0.000000232. The highest BCUT2D eigenvalue weighted by Crippen LogP contribution is 2.47. The Labute approximate surface area is 827 Å². The number of aromatic nitrogens is 12. The van der Waals surface area contributed by atoms with Gasteiger partial charge in [0.2, 0.25) is 5.78 Å². The lowest BCUT2D eigenvalue weighted by Crippen LogP contribution is -2.42. The zero-order chi connectivity index (χ0) is 107. The number of Topliss-reactive ketones (excluding diaryl/α,β-unsaturated/α-hetero) is 3. The maximum Gasteiger partial charge on any atom is 0.332 e. The highest BCUT2D eigenvalue weighted by Gasteiger charge is 2.51. The van der Waals surface area contributed by atoms with Crippen molar-refractivity contribution in [3.63, 3.8) is 0 Å². The van der Waals surface area contributed by atoms with Crippen LogP contribution in [0.1, 0.15) is 128 Å². The number of aliphatic hydroxyl groups is 8. The molecule has 0 amide bonds. The smallest absolute Gasteiger partial charge is 0.332 e. The van der Waals surface area contributed by atoms with Crippen LogP contribution in [0.3, 0.4) is 0 Å². The Hall–Kier alpha value is -7.64. The van der Waals surface area contributed by atoms with Crippen LogP contribution in [-0.4, -0.2) is 407 Å². The van der Waals surface area contributed by atoms with Gasteiger partial charge in [-0.3, -0.25) is 95.7 Å². The molecular weight excluding hydrogens is 2020 g/mol. The van der Waals surface area contributed by atoms with Crippen LogP contribution in [0.15, 0.2) is 102 Å². The summed E-state index contributed by atoms with van der Waals surface area (Å²) in [5.41, 5.74) is -7.95. The molecule has 0 aromatic carbocycles. The number of hydrogen-bond acceptors (Lipinski definition) is 33. The Morgan fingerprint density at radius 2 is 0.789 bits per heavy atom. The number of rotatable bonds is 32. The topological polar surface area (TPSA) is 636 Å². The van der Waals surface area contributed by atoms with Gasteiger partial charge in [-0.2, -0.15) is 0 Å². The molecule has 0 saturated carbocycles. The number of aliphatic hydroxyl groups excluding tert-OH is 8. The van der Waals surface area contributed by atoms with Crippen molar-refractivity contribution < 1.29 is 107 Å². The molecule has 0 radical (unpaired) electrons. The van der Waals surface area contributed by atoms with E-state index in [0.717, 1.165) is 76.4 Å². The van der Waals surface area contributed by atoms with E-state index in [1.807, 2.05) is 54.9 Å². The van der Waals surface area contributed by atoms with Gasteiger partial charge >= 0.3 is 34.4 Å². The summed E-state index contributed by atoms with van der Waals surface area (Å²) in [7, 11) is 4.40. The molecule has 6 aliphatic rings. The van der Waals surface area contributed by atoms with Gasteiger partial charge in [-0.25, -0.2) is 28.4 Å². The number of ketones is 3. The molecule has 44 nitrogen and oxygen atoms in total. The van der Waals surface area contributed by atoms with E-state index in [1.54, 1.807) is 10.8 Å². The Morgan fingerprint density at radius 1 is 0.444 bits per heavy atom. The van der Waals surface area contributed by atoms with Crippen molar-refractivity contribution in [3.05, 3.63) is 191 Å². The van der Waals surface area contributed by atoms with Crippen molar-refractivity contribution in [2.75, 3.05) is 138 Å². The molecule has 15 N–H and O–H groups in total. The molecule has 796 valence electrons. The van der Waals surface area contributed by atoms with E-state index in [2.05, 4.69) is 102 Å². The first-order valence-corrected chi connectivity index (χ1v) is 64.1. The lowest BCUT2D eigenvalue weighted by Gasteiger charge is -2.20. The molecule has 12 heterocycles. The van der Waals surface area contributed by atoms with Crippen LogP contribution in [-0.2, 0) is 59.3 Å². The van der Waals surface area contributed by atoms with Gasteiger partial charge in [0.25, 0.3) is 33.4 Å². The van der Waals surface area contributed by atoms with Gasteiger partial charge in [0.1, 0.15) is 78.5 Å². The fourth-order valence-corrected chi connectivity index (χ4v) is 21.9. The van der Waals surface area contributed by atoms with Crippen molar-refractivity contribution in [1.29, 1.82) is 0 Å². The van der Waals surface area contributed by atoms with Gasteiger partial charge in [-0.1, -0.05) is 0 Å². The molecule has 0 unspecified atom stereocenters. The average Bonchev–Trinajstić information content (AvgIpc) is 1.66. The van der Waals surface area contributed by atoms with E-state index < -0.39 is 274 Å². The summed E-state index contributed by atoms with van der Waals surface area (Å²) in [6.45, 7) is 18.9. The molecule has 12 rings (SSSR count). The first kappa shape index (κ1) is 121. The van der Waals surface area contributed by atoms with E-state index in [1.165, 1.54) is 57.3 Å². The molecule has 53 heteroatoms. The van der Waals surface area contributed by atoms with Crippen LogP contribution in [0.4, 0.5) is 4.39 Å². The summed E-state index contributed by atoms with van der Waals surface area (Å²) in [4.78, 5) is 190. The molecule has 6 aliphatic heterocycles. The summed E-state index contributed by atoms with van der Waals surface area (Å²) >= 11 is 11.4. The number of alkyl halides is 2. The fraction of sp³-hybridized carbons (Fsp3) is 0.618. The number of H-pyrrole nitrogens is 7. The van der Waals surface area contributed by atoms with Crippen LogP contribution in [0.25, 0.3) is 0 Å². The van der Waals surface area contributed by atoms with Crippen molar-refractivity contribution in [2.24, 2.45) is 7.05 Å². The van der Waals surface area contributed by atoms with Crippen LogP contribution < -0.4 is 61.8 Å². The number of nitrogens with one attached hydrogen (secondary N) is 7. The largest absolute Gasteiger partial charge is 0.457 e. The van der Waals surface area contributed by atoms with Gasteiger partial charge in [0, 0.05) is 77.5 Å². The van der Waals surface area contributed by atoms with Crippen LogP contribution in [0, 0.1) is 4.77 Å². The van der Waals surface area contributed by atoms with Gasteiger partial charge in [-0.15, -0.1) is 90.7 Å². The second kappa shape index (κ2) is 51.3. The van der Waals surface area contributed by atoms with E-state index in [-0.39, 0.29) is 38.7 Å². The van der Waals surface area contributed by atoms with Gasteiger partial charge < -0.3 is 93.5 Å². The first-order chi connectivity index (χ1) is 65.6. The monoisotopic (exact) mass is 2160 g/mol. The van der Waals surface area contributed by atoms with Crippen molar-refractivity contribution in [2.45, 2.75) is 205 Å². The molecule has 6 aromatic rings. The number of esters is 1. The molecule has 0 bridgehead atoms. The van der Waals surface area contributed by atoms with Gasteiger partial charge in [-0.05, 0) is 175 Å². The third kappa shape index (κ3) is 34.5. The summed E-state index contributed by atoms with van der Waals surface area (Å²) in [5, 5.41) is 81.4. The quantitative estimate of drug-likeness (QED) is 0.00682. The Bertz CT molecular complexity index is 6410. The highest BCUT2D eigenvalue weighted by atomic mass is 35.5. The number of ether oxygens (including phenoxy) is 9. The fourth-order valence-electron chi connectivity index (χ4n) is 15.5. The molecule has 0 spiro atoms. The summed E-state index contributed by atoms with van der Waals surface area (Å²) in [5.74, 6) is -2.69. The first-order valence-electron chi connectivity index (χ1n) is 45.0. The molecule has 6 saturated heterocycles. The summed E-state index contributed by atoms with van der Waals surface area (Å²) < 4.78 is 69.8. The van der Waals surface area contributed by atoms with Crippen LogP contribution in [0.2, 0.25) is 0 Å². The van der Waals surface area contributed by atoms with Crippen molar-refractivity contribution in [3.8, 4) is 0 Å². The minimum Gasteiger partial charge on any atom is -0.457 e. The third-order valence-electron chi connectivity index (χ3n) is 23.4. The predicted molar refractivity (Wildman–Crippen MR) is 558 cm³/mol. The van der Waals surface area contributed by atoms with Crippen molar-refractivity contribution >= 4 is 126 Å². The Kier molecular flexibility index (Phi) is 43.8. The van der Waals surface area contributed by atoms with E-state index >= 15 is 0 Å². The minimum absolute atomic E-state index is 0.0210. The molecule has 0 aliphatic carbocycles. The number of hydrogen-bond donors (Lipinski definition) is 15. The molecule has 6 fully saturated rings. The standard InChI is InChI=1S/C17H25N2O8P.C17H25N2O7P.C15H25N2O5P.C14H23N2O4PS.C13H20ClN2O4P.C13H20FN2O4P/c1-9(20)26-8-11(21)10-7-19(17(25)18-15(10)24)16-14(23)13(22)12(27-16)5-6-28(2,3)4;1-9(20)7-11(21)10-8-19(17(25)18-15(10)24)16-14(23)13(22)12(26-16)5-6-27(2,3)4;1-16-11(18)6-8-17(15(16)20)14-13(21-2)12(19)10(22-14)7-9-23(3,4)5;1-19-12-11(18)9(6-8-21(2,3)4)20-13(12)16-7-5-10(17)15-14(16)22;2*1-21(2,3)5-4-8-10(17)9(14)11(20-8)7-6-15-13(19)16-12(7)18/h7,12-14,16,22-23H,2,5-6,8H2,1,3-4H3,(H,18,24,25);8,12-14,16,22-23H,2,5-7H2,1,3-4H3,(H,18,24,25);6,8,10,12-14,19H,3,7,9H2,1-2,4-5H3;5,7,9,11-13,18H,2,6,8H2,1,3-4H3,(H,15,17,22);2*6,8-11,17H,1,4-5H2,2-3H3,(H2,15,16,18,19)/t2*12-,13-,14-,16-;10-,12-,13-,14-;9-,11-,12-,13-;2*8-,9-,10-,11+/m111111/s1. The Morgan fingerprint density at radius 3 is 1.15 bits per heavy atom. The zero-order valence-electron chi connectivity index (χ0n) is 82.6.